The Hall–Kier alpha value is -4.65. The summed E-state index contributed by atoms with van der Waals surface area (Å²) in [5, 5.41) is 27.8. The Morgan fingerprint density at radius 3 is 2.76 bits per heavy atom. The van der Waals surface area contributed by atoms with Gasteiger partial charge in [-0.2, -0.15) is 10.4 Å². The van der Waals surface area contributed by atoms with E-state index in [1.165, 1.54) is 0 Å². The van der Waals surface area contributed by atoms with Crippen LogP contribution in [0.3, 0.4) is 0 Å². The van der Waals surface area contributed by atoms with Crippen LogP contribution in [0.5, 0.6) is 0 Å². The van der Waals surface area contributed by atoms with E-state index < -0.39 is 5.97 Å². The van der Waals surface area contributed by atoms with E-state index in [1.54, 1.807) is 6.07 Å². The summed E-state index contributed by atoms with van der Waals surface area (Å²) in [7, 11) is 0. The van der Waals surface area contributed by atoms with Crippen molar-refractivity contribution in [1.29, 1.82) is 5.26 Å². The van der Waals surface area contributed by atoms with Crippen molar-refractivity contribution in [2.45, 2.75) is 26.3 Å². The lowest BCUT2D eigenvalue weighted by molar-refractivity contribution is -0.147. The molecule has 0 radical (unpaired) electrons. The van der Waals surface area contributed by atoms with E-state index in [1.807, 2.05) is 65.2 Å². The highest BCUT2D eigenvalue weighted by Crippen LogP contribution is 2.39. The number of nitrogens with one attached hydrogen (secondary N) is 1. The zero-order valence-corrected chi connectivity index (χ0v) is 23.6. The fraction of sp³-hybridized carbons (Fsp3) is 0.250. The maximum Gasteiger partial charge on any atom is 0.309 e. The average molecular weight is 579 g/mol. The lowest BCUT2D eigenvalue weighted by Gasteiger charge is -2.36. The van der Waals surface area contributed by atoms with Crippen molar-refractivity contribution < 1.29 is 14.3 Å². The van der Waals surface area contributed by atoms with E-state index in [-0.39, 0.29) is 5.92 Å². The van der Waals surface area contributed by atoms with Crippen LogP contribution in [0.25, 0.3) is 39.4 Å². The first-order valence-corrected chi connectivity index (χ1v) is 14.3. The maximum absolute atomic E-state index is 11.2. The normalized spacial score (nSPS) is 15.2. The molecule has 42 heavy (non-hydrogen) atoms. The number of aromatic nitrogens is 3. The van der Waals surface area contributed by atoms with E-state index in [0.29, 0.717) is 47.2 Å². The summed E-state index contributed by atoms with van der Waals surface area (Å²) in [4.78, 5) is 18.0. The highest BCUT2D eigenvalue weighted by atomic mass is 35.5. The quantitative estimate of drug-likeness (QED) is 0.250. The van der Waals surface area contributed by atoms with Crippen molar-refractivity contribution >= 4 is 34.4 Å². The summed E-state index contributed by atoms with van der Waals surface area (Å²) >= 11 is 7.02. The molecule has 0 amide bonds. The number of benzene rings is 3. The second kappa shape index (κ2) is 10.3. The minimum absolute atomic E-state index is 0.339. The zero-order valence-electron chi connectivity index (χ0n) is 22.9. The van der Waals surface area contributed by atoms with Crippen LogP contribution in [0.15, 0.2) is 59.1 Å². The molecule has 0 saturated carbocycles. The third-order valence-electron chi connectivity index (χ3n) is 8.16. The van der Waals surface area contributed by atoms with Crippen LogP contribution < -0.4 is 5.32 Å². The number of oxazole rings is 1. The molecule has 2 aromatic heterocycles. The lowest BCUT2D eigenvalue weighted by Crippen LogP contribution is -2.49. The number of anilines is 1. The van der Waals surface area contributed by atoms with Crippen molar-refractivity contribution in [2.75, 3.05) is 25.0 Å². The molecule has 3 aromatic carbocycles. The Balaban J connectivity index is 1.23. The molecule has 4 heterocycles. The number of hydrogen-bond acceptors (Lipinski definition) is 7. The molecule has 0 spiro atoms. The van der Waals surface area contributed by atoms with Crippen molar-refractivity contribution in [2.24, 2.45) is 5.92 Å². The lowest BCUT2D eigenvalue weighted by atomic mass is 9.96. The number of carbonyl (C=O) groups is 1. The monoisotopic (exact) mass is 578 g/mol. The zero-order chi connectivity index (χ0) is 29.0. The Labute approximate surface area is 247 Å². The first-order chi connectivity index (χ1) is 20.4. The van der Waals surface area contributed by atoms with E-state index in [4.69, 9.17) is 26.1 Å². The van der Waals surface area contributed by atoms with Crippen LogP contribution in [0.4, 0.5) is 5.69 Å². The minimum atomic E-state index is -0.774. The molecule has 10 heteroatoms. The first kappa shape index (κ1) is 26.3. The summed E-state index contributed by atoms with van der Waals surface area (Å²) in [5.74, 6) is -0.691. The molecular weight excluding hydrogens is 552 g/mol. The number of hydrogen-bond donors (Lipinski definition) is 2. The third kappa shape index (κ3) is 4.49. The maximum atomic E-state index is 11.2. The topological polar surface area (TPSA) is 120 Å². The molecule has 0 bridgehead atoms. The summed E-state index contributed by atoms with van der Waals surface area (Å²) in [6, 6.07) is 17.8. The van der Waals surface area contributed by atoms with Gasteiger partial charge in [-0.05, 0) is 60.7 Å². The van der Waals surface area contributed by atoms with Crippen molar-refractivity contribution in [3.63, 3.8) is 0 Å². The number of likely N-dealkylation sites (tertiary alicyclic amines) is 1. The Bertz CT molecular complexity index is 1890. The predicted molar refractivity (Wildman–Crippen MR) is 160 cm³/mol. The molecule has 0 aliphatic carbocycles. The van der Waals surface area contributed by atoms with Gasteiger partial charge in [0.2, 0.25) is 5.89 Å². The predicted octanol–water partition coefficient (Wildman–Crippen LogP) is 6.06. The highest BCUT2D eigenvalue weighted by molar-refractivity contribution is 6.35. The van der Waals surface area contributed by atoms with Gasteiger partial charge in [0.25, 0.3) is 0 Å². The Morgan fingerprint density at radius 1 is 1.19 bits per heavy atom. The first-order valence-electron chi connectivity index (χ1n) is 13.9. The molecule has 2 aliphatic rings. The highest BCUT2D eigenvalue weighted by Gasteiger charge is 2.32. The average Bonchev–Trinajstić information content (AvgIpc) is 3.59. The fourth-order valence-electron chi connectivity index (χ4n) is 5.90. The fourth-order valence-corrected chi connectivity index (χ4v) is 6.22. The number of nitriles is 1. The van der Waals surface area contributed by atoms with Gasteiger partial charge in [0.1, 0.15) is 11.6 Å². The Kier molecular flexibility index (Phi) is 6.45. The number of nitrogens with zero attached hydrogens (tertiary/aromatic N) is 5. The number of halogens is 1. The van der Waals surface area contributed by atoms with Crippen LogP contribution in [0.2, 0.25) is 5.02 Å². The largest absolute Gasteiger partial charge is 0.481 e. The number of carboxylic acids is 1. The molecular formula is C32H27ClN6O3. The molecule has 9 nitrogen and oxygen atoms in total. The molecule has 7 rings (SSSR count). The molecule has 2 aliphatic heterocycles. The van der Waals surface area contributed by atoms with Gasteiger partial charge in [-0.3, -0.25) is 9.69 Å². The smallest absolute Gasteiger partial charge is 0.309 e. The molecule has 0 unspecified atom stereocenters. The minimum Gasteiger partial charge on any atom is -0.481 e. The van der Waals surface area contributed by atoms with Crippen LogP contribution in [0.1, 0.15) is 28.8 Å². The van der Waals surface area contributed by atoms with E-state index in [9.17, 15) is 15.2 Å². The van der Waals surface area contributed by atoms with Crippen LogP contribution in [0, 0.1) is 24.2 Å². The van der Waals surface area contributed by atoms with E-state index >= 15 is 0 Å². The molecule has 2 N–H and O–H groups in total. The van der Waals surface area contributed by atoms with Gasteiger partial charge in [-0.1, -0.05) is 35.9 Å². The second-order valence-electron chi connectivity index (χ2n) is 10.9. The SMILES string of the molecule is Cc1c(-c2nc3cc(CN4CC(C(=O)O)C4)cc(C#N)c3o2)cccc1-c1cccc(-n2cc3c(n2)CCCN3)c1Cl. The van der Waals surface area contributed by atoms with E-state index in [2.05, 4.69) is 11.4 Å². The summed E-state index contributed by atoms with van der Waals surface area (Å²) in [6.07, 6.45) is 3.99. The van der Waals surface area contributed by atoms with E-state index in [0.717, 1.165) is 64.3 Å². The number of aliphatic carboxylic acids is 1. The van der Waals surface area contributed by atoms with Gasteiger partial charge in [-0.25, -0.2) is 9.67 Å². The van der Waals surface area contributed by atoms with Gasteiger partial charge >= 0.3 is 5.97 Å². The van der Waals surface area contributed by atoms with Gasteiger partial charge in [-0.15, -0.1) is 0 Å². The van der Waals surface area contributed by atoms with Crippen molar-refractivity contribution in [3.8, 4) is 34.3 Å². The summed E-state index contributed by atoms with van der Waals surface area (Å²) in [6.45, 7) is 4.49. The van der Waals surface area contributed by atoms with Crippen LogP contribution in [-0.2, 0) is 17.8 Å². The Morgan fingerprint density at radius 2 is 1.98 bits per heavy atom. The molecule has 210 valence electrons. The summed E-state index contributed by atoms with van der Waals surface area (Å²) < 4.78 is 8.03. The van der Waals surface area contributed by atoms with Crippen LogP contribution >= 0.6 is 11.6 Å². The van der Waals surface area contributed by atoms with Crippen LogP contribution in [-0.4, -0.2) is 50.4 Å². The molecule has 0 atom stereocenters. The number of fused-ring (bicyclic) bond motifs is 2. The molecule has 1 saturated heterocycles. The van der Waals surface area contributed by atoms with Crippen molar-refractivity contribution in [1.82, 2.24) is 19.7 Å². The van der Waals surface area contributed by atoms with Gasteiger partial charge in [0, 0.05) is 37.3 Å². The van der Waals surface area contributed by atoms with Gasteiger partial charge < -0.3 is 14.8 Å². The number of carboxylic acid groups (broad SMARTS) is 1. The van der Waals surface area contributed by atoms with Gasteiger partial charge in [0.15, 0.2) is 5.58 Å². The van der Waals surface area contributed by atoms with Gasteiger partial charge in [0.05, 0.1) is 39.8 Å². The molecule has 5 aromatic rings. The second-order valence-corrected chi connectivity index (χ2v) is 11.3. The van der Waals surface area contributed by atoms with Crippen molar-refractivity contribution in [3.05, 3.63) is 82.1 Å². The standard InChI is InChI=1S/C32H27ClN6O3/c1-18-22(24-7-3-9-28(29(24)33)39-17-27-25(37-39)8-4-10-35-27)5-2-6-23(18)31-36-26-12-19(11-20(13-34)30(26)42-31)14-38-15-21(16-38)32(40)41/h2-3,5-7,9,11-12,17,21,35H,4,8,10,14-16H2,1H3,(H,40,41). The summed E-state index contributed by atoms with van der Waals surface area (Å²) in [5.41, 5.74) is 8.80. The molecule has 1 fully saturated rings. The third-order valence-corrected chi connectivity index (χ3v) is 8.56. The number of rotatable bonds is 6. The number of aryl methyl sites for hydroxylation is 1.